The summed E-state index contributed by atoms with van der Waals surface area (Å²) < 4.78 is 112. The van der Waals surface area contributed by atoms with Crippen LogP contribution in [0.4, 0.5) is 26.3 Å². The molecular formula is C64H102F6N8O6. The van der Waals surface area contributed by atoms with Gasteiger partial charge < -0.3 is 29.2 Å². The van der Waals surface area contributed by atoms with E-state index in [0.717, 1.165) is 47.9 Å². The first kappa shape index (κ1) is 70.8. The molecule has 0 spiro atoms. The van der Waals surface area contributed by atoms with Gasteiger partial charge in [0.1, 0.15) is 0 Å². The highest BCUT2D eigenvalue weighted by molar-refractivity contribution is 5.26. The van der Waals surface area contributed by atoms with Gasteiger partial charge in [-0.1, -0.05) is 104 Å². The molecule has 476 valence electrons. The van der Waals surface area contributed by atoms with Gasteiger partial charge in [0.2, 0.25) is 0 Å². The Hall–Kier alpha value is -3.96. The molecule has 1 aliphatic heterocycles. The highest BCUT2D eigenvalue weighted by Crippen LogP contribution is 2.32. The van der Waals surface area contributed by atoms with E-state index in [1.54, 1.807) is 0 Å². The molecule has 1 saturated heterocycles. The molecule has 0 bridgehead atoms. The van der Waals surface area contributed by atoms with Gasteiger partial charge in [0.25, 0.3) is 0 Å². The SMILES string of the molecule is CC(C)C[C@H]1CO[C@H](C)CN(C)[C@@H](CC(C)C)CO[C@H](Cc2ccc(Cn3cc(CO)c(C(F)(F)F)n3)cc2)CN(C)[C@@H](CC(C)C)CO[C@H](C)CN(C)[C@@H](CC(C)C)CO[C@H](Cc2ccc(Cn3cc(CO)c(C(F)(F)F)n3)cc2)CN1C. The van der Waals surface area contributed by atoms with E-state index in [1.165, 1.54) is 21.8 Å². The smallest absolute Gasteiger partial charge is 0.392 e. The van der Waals surface area contributed by atoms with Crippen molar-refractivity contribution in [2.75, 3.05) is 80.8 Å². The number of benzene rings is 2. The lowest BCUT2D eigenvalue weighted by Crippen LogP contribution is -2.47. The number of ether oxygens (including phenoxy) is 4. The van der Waals surface area contributed by atoms with Gasteiger partial charge in [-0.15, -0.1) is 0 Å². The summed E-state index contributed by atoms with van der Waals surface area (Å²) in [6.45, 7) is 25.6. The van der Waals surface area contributed by atoms with E-state index in [9.17, 15) is 36.6 Å². The number of aromatic nitrogens is 4. The summed E-state index contributed by atoms with van der Waals surface area (Å²) in [6, 6.07) is 16.1. The predicted octanol–water partition coefficient (Wildman–Crippen LogP) is 11.0. The van der Waals surface area contributed by atoms with E-state index in [2.05, 4.69) is 127 Å². The maximum absolute atomic E-state index is 13.6. The minimum Gasteiger partial charge on any atom is -0.392 e. The molecule has 5 rings (SSSR count). The van der Waals surface area contributed by atoms with Gasteiger partial charge in [-0.25, -0.2) is 0 Å². The van der Waals surface area contributed by atoms with Crippen molar-refractivity contribution in [1.82, 2.24) is 39.2 Å². The van der Waals surface area contributed by atoms with Crippen LogP contribution in [0.2, 0.25) is 0 Å². The highest BCUT2D eigenvalue weighted by atomic mass is 19.4. The number of halogens is 6. The van der Waals surface area contributed by atoms with Crippen LogP contribution in [-0.4, -0.2) is 179 Å². The number of alkyl halides is 6. The molecule has 14 nitrogen and oxygen atoms in total. The van der Waals surface area contributed by atoms with Crippen LogP contribution in [0.1, 0.15) is 140 Å². The fourth-order valence-corrected chi connectivity index (χ4v) is 11.5. The number of hydrogen-bond donors (Lipinski definition) is 2. The average molecular weight is 1190 g/mol. The van der Waals surface area contributed by atoms with Crippen molar-refractivity contribution in [3.8, 4) is 0 Å². The molecule has 2 aromatic carbocycles. The van der Waals surface area contributed by atoms with Crippen LogP contribution in [-0.2, 0) is 70.4 Å². The van der Waals surface area contributed by atoms with E-state index >= 15 is 0 Å². The molecule has 1 aliphatic rings. The summed E-state index contributed by atoms with van der Waals surface area (Å²) in [6.07, 6.45) is -2.53. The van der Waals surface area contributed by atoms with Crippen LogP contribution >= 0.6 is 0 Å². The first-order chi connectivity index (χ1) is 39.5. The normalized spacial score (nSPS) is 24.2. The van der Waals surface area contributed by atoms with E-state index < -0.39 is 37.0 Å². The van der Waals surface area contributed by atoms with Crippen LogP contribution < -0.4 is 0 Å². The van der Waals surface area contributed by atoms with Crippen LogP contribution in [0.5, 0.6) is 0 Å². The predicted molar refractivity (Wildman–Crippen MR) is 319 cm³/mol. The maximum atomic E-state index is 13.6. The van der Waals surface area contributed by atoms with Crippen LogP contribution in [0.3, 0.4) is 0 Å². The first-order valence-corrected chi connectivity index (χ1v) is 30.4. The molecule has 3 heterocycles. The number of aliphatic hydroxyl groups is 2. The van der Waals surface area contributed by atoms with Gasteiger partial charge in [-0.2, -0.15) is 36.5 Å². The lowest BCUT2D eigenvalue weighted by atomic mass is 10.0. The van der Waals surface area contributed by atoms with Crippen LogP contribution in [0.15, 0.2) is 60.9 Å². The molecule has 0 aliphatic carbocycles. The Morgan fingerprint density at radius 3 is 0.988 bits per heavy atom. The van der Waals surface area contributed by atoms with Crippen molar-refractivity contribution >= 4 is 0 Å². The minimum absolute atomic E-state index is 0.0928. The third kappa shape index (κ3) is 23.6. The molecule has 8 atom stereocenters. The lowest BCUT2D eigenvalue weighted by Gasteiger charge is -2.37. The van der Waals surface area contributed by atoms with Gasteiger partial charge in [0.15, 0.2) is 11.4 Å². The summed E-state index contributed by atoms with van der Waals surface area (Å²) in [7, 11) is 8.62. The topological polar surface area (TPSA) is 126 Å². The number of aliphatic hydroxyl groups excluding tert-OH is 2. The molecule has 84 heavy (non-hydrogen) atoms. The molecule has 20 heteroatoms. The Balaban J connectivity index is 1.41. The maximum Gasteiger partial charge on any atom is 0.435 e. The van der Waals surface area contributed by atoms with E-state index in [-0.39, 0.29) is 72.8 Å². The van der Waals surface area contributed by atoms with Crippen molar-refractivity contribution in [1.29, 1.82) is 0 Å². The van der Waals surface area contributed by atoms with E-state index in [4.69, 9.17) is 18.9 Å². The van der Waals surface area contributed by atoms with Gasteiger partial charge in [0, 0.05) is 73.9 Å². The summed E-state index contributed by atoms with van der Waals surface area (Å²) in [4.78, 5) is 9.51. The Morgan fingerprint density at radius 1 is 0.452 bits per heavy atom. The fourth-order valence-electron chi connectivity index (χ4n) is 11.5. The molecule has 0 saturated carbocycles. The standard InChI is InChI=1S/C64H102F6N8O6/c1-43(2)23-55-39-81-47(9)29-73(11)58(26-46(7)8)42-84-60(28-50-17-21-52(22-18-50)32-78-34-54(38-80)62(72-78)64(68,69)70)36-76(14)56(24-44(3)4)40-82-48(10)30-74(12)57(25-45(5)6)41-83-59(35-75(55)13)27-49-15-19-51(20-16-49)31-77-33-53(37-79)61(71-77)63(65,66)67/h15-22,33-34,43-48,55-60,79-80H,23-32,35-42H2,1-14H3/t47-,48-,55+,56+,57+,58+,59-,60-/m1/s1. The molecule has 1 fully saturated rings. The second-order valence-electron chi connectivity index (χ2n) is 25.8. The lowest BCUT2D eigenvalue weighted by molar-refractivity contribution is -0.143. The Kier molecular flexibility index (Phi) is 28.2. The number of likely N-dealkylation sites (N-methyl/N-ethyl adjacent to an activating group) is 4. The third-order valence-corrected chi connectivity index (χ3v) is 16.0. The molecule has 4 aromatic rings. The van der Waals surface area contributed by atoms with Crippen LogP contribution in [0, 0.1) is 23.7 Å². The number of rotatable bonds is 18. The second kappa shape index (κ2) is 33.4. The van der Waals surface area contributed by atoms with Gasteiger partial charge in [0.05, 0.1) is 77.1 Å². The van der Waals surface area contributed by atoms with Crippen molar-refractivity contribution in [2.45, 2.75) is 195 Å². The Labute approximate surface area is 498 Å². The fraction of sp³-hybridized carbons (Fsp3) is 0.719. The zero-order chi connectivity index (χ0) is 62.1. The number of nitrogens with zero attached hydrogens (tertiary/aromatic N) is 8. The summed E-state index contributed by atoms with van der Waals surface area (Å²) in [5.74, 6) is 1.60. The zero-order valence-electron chi connectivity index (χ0n) is 52.8. The van der Waals surface area contributed by atoms with Gasteiger partial charge in [-0.05, 0) is 126 Å². The molecule has 2 N–H and O–H groups in total. The average Bonchev–Trinajstić information content (AvgIpc) is 4.28. The highest BCUT2D eigenvalue weighted by Gasteiger charge is 2.38. The zero-order valence-corrected chi connectivity index (χ0v) is 52.8. The van der Waals surface area contributed by atoms with Crippen molar-refractivity contribution in [3.63, 3.8) is 0 Å². The van der Waals surface area contributed by atoms with Crippen molar-refractivity contribution in [3.05, 3.63) is 106 Å². The van der Waals surface area contributed by atoms with Gasteiger partial charge in [-0.3, -0.25) is 29.0 Å². The third-order valence-electron chi connectivity index (χ3n) is 16.0. The van der Waals surface area contributed by atoms with Crippen molar-refractivity contribution < 1.29 is 55.5 Å². The number of hydrogen-bond acceptors (Lipinski definition) is 12. The molecule has 2 aromatic heterocycles. The molecule has 0 amide bonds. The Morgan fingerprint density at radius 2 is 0.726 bits per heavy atom. The first-order valence-electron chi connectivity index (χ1n) is 30.4. The summed E-state index contributed by atoms with van der Waals surface area (Å²) in [5.41, 5.74) is 0.989. The second-order valence-corrected chi connectivity index (χ2v) is 25.8. The Bertz CT molecular complexity index is 2300. The molecule has 0 radical (unpaired) electrons. The largest absolute Gasteiger partial charge is 0.435 e. The summed E-state index contributed by atoms with van der Waals surface area (Å²) in [5, 5.41) is 26.8. The molecular weight excluding hydrogens is 1090 g/mol. The summed E-state index contributed by atoms with van der Waals surface area (Å²) >= 11 is 0. The van der Waals surface area contributed by atoms with Gasteiger partial charge >= 0.3 is 12.4 Å². The molecule has 0 unspecified atom stereocenters. The monoisotopic (exact) mass is 1190 g/mol. The quantitative estimate of drug-likeness (QED) is 0.0922. The van der Waals surface area contributed by atoms with E-state index in [0.29, 0.717) is 89.1 Å². The van der Waals surface area contributed by atoms with E-state index in [1.807, 2.05) is 48.5 Å². The van der Waals surface area contributed by atoms with Crippen molar-refractivity contribution in [2.24, 2.45) is 23.7 Å². The van der Waals surface area contributed by atoms with Crippen LogP contribution in [0.25, 0.3) is 0 Å². The minimum atomic E-state index is -4.67.